The lowest BCUT2D eigenvalue weighted by molar-refractivity contribution is 0.0602. The van der Waals surface area contributed by atoms with E-state index in [1.807, 2.05) is 26.1 Å². The van der Waals surface area contributed by atoms with Gasteiger partial charge in [-0.1, -0.05) is 0 Å². The highest BCUT2D eigenvalue weighted by molar-refractivity contribution is 5.94. The van der Waals surface area contributed by atoms with Crippen LogP contribution in [0.15, 0.2) is 18.3 Å². The summed E-state index contributed by atoms with van der Waals surface area (Å²) in [7, 11) is 1.96. The van der Waals surface area contributed by atoms with E-state index < -0.39 is 0 Å². The number of aromatic nitrogens is 1. The molecular weight excluding hydrogens is 238 g/mol. The molecule has 0 aromatic carbocycles. The van der Waals surface area contributed by atoms with Crippen LogP contribution in [0.4, 0.5) is 0 Å². The van der Waals surface area contributed by atoms with Crippen molar-refractivity contribution in [1.82, 2.24) is 15.2 Å². The van der Waals surface area contributed by atoms with Gasteiger partial charge in [0.15, 0.2) is 0 Å². The molecule has 4 nitrogen and oxygen atoms in total. The maximum atomic E-state index is 12.6. The average Bonchev–Trinajstić information content (AvgIpc) is 2.44. The SMILES string of the molecule is CNCCC1CCCCN1C(=O)c1ccnc(C)c1. The number of carbonyl (C=O) groups is 1. The van der Waals surface area contributed by atoms with Gasteiger partial charge >= 0.3 is 0 Å². The molecule has 1 amide bonds. The predicted octanol–water partition coefficient (Wildman–Crippen LogP) is 1.99. The van der Waals surface area contributed by atoms with Gasteiger partial charge in [0.25, 0.3) is 5.91 Å². The Labute approximate surface area is 115 Å². The van der Waals surface area contributed by atoms with Crippen LogP contribution in [-0.4, -0.2) is 42.0 Å². The Morgan fingerprint density at radius 1 is 1.53 bits per heavy atom. The number of likely N-dealkylation sites (tertiary alicyclic amines) is 1. The predicted molar refractivity (Wildman–Crippen MR) is 76.2 cm³/mol. The molecule has 1 aliphatic rings. The van der Waals surface area contributed by atoms with Gasteiger partial charge in [0.2, 0.25) is 0 Å². The Morgan fingerprint density at radius 3 is 3.11 bits per heavy atom. The van der Waals surface area contributed by atoms with Gasteiger partial charge in [-0.05, 0) is 58.3 Å². The minimum Gasteiger partial charge on any atom is -0.336 e. The molecule has 0 saturated carbocycles. The van der Waals surface area contributed by atoms with E-state index in [1.54, 1.807) is 6.20 Å². The van der Waals surface area contributed by atoms with Crippen LogP contribution in [0, 0.1) is 6.92 Å². The van der Waals surface area contributed by atoms with E-state index in [0.29, 0.717) is 6.04 Å². The number of piperidine rings is 1. The molecule has 1 aliphatic heterocycles. The highest BCUT2D eigenvalue weighted by Crippen LogP contribution is 2.21. The Balaban J connectivity index is 2.10. The monoisotopic (exact) mass is 261 g/mol. The molecule has 2 heterocycles. The molecule has 1 unspecified atom stereocenters. The number of pyridine rings is 1. The summed E-state index contributed by atoms with van der Waals surface area (Å²) in [5.74, 6) is 0.159. The van der Waals surface area contributed by atoms with Crippen molar-refractivity contribution < 1.29 is 4.79 Å². The first kappa shape index (κ1) is 14.0. The lowest BCUT2D eigenvalue weighted by Gasteiger charge is -2.36. The largest absolute Gasteiger partial charge is 0.336 e. The van der Waals surface area contributed by atoms with Crippen molar-refractivity contribution in [2.24, 2.45) is 0 Å². The number of nitrogens with zero attached hydrogens (tertiary/aromatic N) is 2. The second-order valence-corrected chi connectivity index (χ2v) is 5.23. The summed E-state index contributed by atoms with van der Waals surface area (Å²) in [4.78, 5) is 18.8. The van der Waals surface area contributed by atoms with Gasteiger partial charge in [0.1, 0.15) is 0 Å². The first-order valence-electron chi connectivity index (χ1n) is 7.10. The second kappa shape index (κ2) is 6.66. The maximum Gasteiger partial charge on any atom is 0.254 e. The van der Waals surface area contributed by atoms with Crippen molar-refractivity contribution in [2.75, 3.05) is 20.1 Å². The average molecular weight is 261 g/mol. The molecule has 0 bridgehead atoms. The number of rotatable bonds is 4. The van der Waals surface area contributed by atoms with Crippen LogP contribution in [0.1, 0.15) is 41.7 Å². The molecule has 1 fully saturated rings. The molecule has 2 rings (SSSR count). The molecule has 0 aliphatic carbocycles. The summed E-state index contributed by atoms with van der Waals surface area (Å²) < 4.78 is 0. The minimum atomic E-state index is 0.159. The molecule has 1 atom stereocenters. The number of nitrogens with one attached hydrogen (secondary N) is 1. The first-order valence-corrected chi connectivity index (χ1v) is 7.10. The summed E-state index contributed by atoms with van der Waals surface area (Å²) in [5.41, 5.74) is 1.67. The molecular formula is C15H23N3O. The van der Waals surface area contributed by atoms with E-state index in [-0.39, 0.29) is 5.91 Å². The van der Waals surface area contributed by atoms with Gasteiger partial charge in [-0.2, -0.15) is 0 Å². The van der Waals surface area contributed by atoms with Crippen LogP contribution in [0.2, 0.25) is 0 Å². The van der Waals surface area contributed by atoms with Gasteiger partial charge in [-0.3, -0.25) is 9.78 Å². The highest BCUT2D eigenvalue weighted by Gasteiger charge is 2.26. The van der Waals surface area contributed by atoms with Crippen LogP contribution in [0.5, 0.6) is 0 Å². The smallest absolute Gasteiger partial charge is 0.254 e. The molecule has 1 aromatic heterocycles. The number of hydrogen-bond acceptors (Lipinski definition) is 3. The van der Waals surface area contributed by atoms with Crippen LogP contribution >= 0.6 is 0 Å². The van der Waals surface area contributed by atoms with Crippen LogP contribution in [0.3, 0.4) is 0 Å². The fourth-order valence-corrected chi connectivity index (χ4v) is 2.72. The fraction of sp³-hybridized carbons (Fsp3) is 0.600. The van der Waals surface area contributed by atoms with Gasteiger partial charge in [-0.15, -0.1) is 0 Å². The Bertz CT molecular complexity index is 433. The molecule has 0 spiro atoms. The van der Waals surface area contributed by atoms with Crippen LogP contribution < -0.4 is 5.32 Å². The van der Waals surface area contributed by atoms with E-state index in [9.17, 15) is 4.79 Å². The van der Waals surface area contributed by atoms with E-state index in [4.69, 9.17) is 0 Å². The van der Waals surface area contributed by atoms with Crippen molar-refractivity contribution >= 4 is 5.91 Å². The van der Waals surface area contributed by atoms with Gasteiger partial charge in [0, 0.05) is 30.0 Å². The summed E-state index contributed by atoms with van der Waals surface area (Å²) in [6.07, 6.45) is 6.22. The highest BCUT2D eigenvalue weighted by atomic mass is 16.2. The molecule has 104 valence electrons. The molecule has 4 heteroatoms. The molecule has 0 radical (unpaired) electrons. The number of hydrogen-bond donors (Lipinski definition) is 1. The standard InChI is InChI=1S/C15H23N3O/c1-12-11-13(6-9-17-12)15(19)18-10-4-3-5-14(18)7-8-16-2/h6,9,11,14,16H,3-5,7-8,10H2,1-2H3. The third-order valence-electron chi connectivity index (χ3n) is 3.76. The second-order valence-electron chi connectivity index (χ2n) is 5.23. The summed E-state index contributed by atoms with van der Waals surface area (Å²) in [6.45, 7) is 3.77. The van der Waals surface area contributed by atoms with E-state index in [0.717, 1.165) is 43.6 Å². The van der Waals surface area contributed by atoms with Crippen molar-refractivity contribution in [2.45, 2.75) is 38.6 Å². The molecule has 19 heavy (non-hydrogen) atoms. The topological polar surface area (TPSA) is 45.2 Å². The third-order valence-corrected chi connectivity index (χ3v) is 3.76. The lowest BCUT2D eigenvalue weighted by Crippen LogP contribution is -2.44. The Hall–Kier alpha value is -1.42. The summed E-state index contributed by atoms with van der Waals surface area (Å²) in [5, 5.41) is 3.18. The van der Waals surface area contributed by atoms with E-state index in [2.05, 4.69) is 15.2 Å². The number of carbonyl (C=O) groups excluding carboxylic acids is 1. The lowest BCUT2D eigenvalue weighted by atomic mass is 9.98. The molecule has 1 saturated heterocycles. The van der Waals surface area contributed by atoms with E-state index >= 15 is 0 Å². The van der Waals surface area contributed by atoms with Gasteiger partial charge in [-0.25, -0.2) is 0 Å². The zero-order valence-corrected chi connectivity index (χ0v) is 11.9. The Morgan fingerprint density at radius 2 is 2.37 bits per heavy atom. The summed E-state index contributed by atoms with van der Waals surface area (Å²) in [6, 6.07) is 4.08. The van der Waals surface area contributed by atoms with Gasteiger partial charge < -0.3 is 10.2 Å². The minimum absolute atomic E-state index is 0.159. The van der Waals surface area contributed by atoms with Crippen molar-refractivity contribution in [3.05, 3.63) is 29.6 Å². The van der Waals surface area contributed by atoms with Crippen molar-refractivity contribution in [1.29, 1.82) is 0 Å². The maximum absolute atomic E-state index is 12.6. The zero-order chi connectivity index (χ0) is 13.7. The van der Waals surface area contributed by atoms with Crippen molar-refractivity contribution in [3.8, 4) is 0 Å². The first-order chi connectivity index (χ1) is 9.22. The van der Waals surface area contributed by atoms with E-state index in [1.165, 1.54) is 6.42 Å². The Kier molecular flexibility index (Phi) is 4.91. The number of aryl methyl sites for hydroxylation is 1. The fourth-order valence-electron chi connectivity index (χ4n) is 2.72. The van der Waals surface area contributed by atoms with Crippen molar-refractivity contribution in [3.63, 3.8) is 0 Å². The number of amides is 1. The zero-order valence-electron chi connectivity index (χ0n) is 11.9. The van der Waals surface area contributed by atoms with Crippen LogP contribution in [0.25, 0.3) is 0 Å². The summed E-state index contributed by atoms with van der Waals surface area (Å²) >= 11 is 0. The van der Waals surface area contributed by atoms with Gasteiger partial charge in [0.05, 0.1) is 0 Å². The quantitative estimate of drug-likeness (QED) is 0.901. The van der Waals surface area contributed by atoms with Crippen LogP contribution in [-0.2, 0) is 0 Å². The normalized spacial score (nSPS) is 19.5. The third kappa shape index (κ3) is 3.53. The molecule has 1 N–H and O–H groups in total. The molecule has 1 aromatic rings.